The molecule has 0 amide bonds. The van der Waals surface area contributed by atoms with E-state index in [1.54, 1.807) is 0 Å². The minimum atomic E-state index is -2.02. The number of rotatable bonds is 8. The number of non-ortho nitro benzene ring substituents is 1. The number of ketones is 1. The standard InChI is InChI=1S/C13H3BrN6O13/c14-11-8(19(30)31)3-7(18(28)29)10(12(11)20(32)33)13(21)9-5(16(24)25)1-4(15(22)23)2-6(9)17(26)27/h1-3H. The van der Waals surface area contributed by atoms with Crippen LogP contribution >= 0.6 is 15.9 Å². The van der Waals surface area contributed by atoms with E-state index in [0.29, 0.717) is 0 Å². The molecule has 0 fully saturated rings. The molecule has 2 aromatic rings. The Morgan fingerprint density at radius 2 is 0.970 bits per heavy atom. The Morgan fingerprint density at radius 1 is 0.576 bits per heavy atom. The molecule has 20 heteroatoms. The summed E-state index contributed by atoms with van der Waals surface area (Å²) in [5, 5.41) is 67.8. The van der Waals surface area contributed by atoms with Gasteiger partial charge in [0.25, 0.3) is 28.4 Å². The van der Waals surface area contributed by atoms with Crippen molar-refractivity contribution in [3.63, 3.8) is 0 Å². The predicted octanol–water partition coefficient (Wildman–Crippen LogP) is 3.13. The maximum Gasteiger partial charge on any atom is 0.308 e. The van der Waals surface area contributed by atoms with Gasteiger partial charge in [-0.1, -0.05) is 0 Å². The van der Waals surface area contributed by atoms with Crippen LogP contribution in [0.4, 0.5) is 34.1 Å². The van der Waals surface area contributed by atoms with Gasteiger partial charge in [0.05, 0.1) is 47.7 Å². The van der Waals surface area contributed by atoms with E-state index in [0.717, 1.165) is 0 Å². The van der Waals surface area contributed by atoms with Crippen molar-refractivity contribution in [2.75, 3.05) is 0 Å². The number of nitro groups is 6. The van der Waals surface area contributed by atoms with Crippen LogP contribution in [-0.2, 0) is 0 Å². The van der Waals surface area contributed by atoms with Crippen LogP contribution in [-0.4, -0.2) is 35.3 Å². The monoisotopic (exact) mass is 530 g/mol. The normalized spacial score (nSPS) is 10.3. The summed E-state index contributed by atoms with van der Waals surface area (Å²) in [5.41, 5.74) is -11.8. The smallest absolute Gasteiger partial charge is 0.287 e. The molecule has 2 aromatic carbocycles. The molecule has 0 spiro atoms. The van der Waals surface area contributed by atoms with E-state index in [1.807, 2.05) is 0 Å². The second-order valence-electron chi connectivity index (χ2n) is 5.68. The van der Waals surface area contributed by atoms with E-state index >= 15 is 0 Å². The number of nitrogens with zero attached hydrogens (tertiary/aromatic N) is 6. The van der Waals surface area contributed by atoms with Gasteiger partial charge in [0.2, 0.25) is 5.78 Å². The quantitative estimate of drug-likeness (QED) is 0.269. The van der Waals surface area contributed by atoms with E-state index in [9.17, 15) is 65.5 Å². The molecular weight excluding hydrogens is 528 g/mol. The molecular formula is C13H3BrN6O13. The van der Waals surface area contributed by atoms with Gasteiger partial charge in [-0.25, -0.2) is 0 Å². The lowest BCUT2D eigenvalue weighted by molar-refractivity contribution is -0.404. The average Bonchev–Trinajstić information content (AvgIpc) is 2.70. The fourth-order valence-electron chi connectivity index (χ4n) is 2.64. The first-order valence-electron chi connectivity index (χ1n) is 7.66. The second-order valence-corrected chi connectivity index (χ2v) is 6.48. The first-order chi connectivity index (χ1) is 15.2. The Labute approximate surface area is 185 Å². The Morgan fingerprint density at radius 3 is 1.30 bits per heavy atom. The van der Waals surface area contributed by atoms with Crippen molar-refractivity contribution in [1.29, 1.82) is 0 Å². The molecule has 0 aliphatic rings. The Bertz CT molecular complexity index is 1290. The Kier molecular flexibility index (Phi) is 6.34. The number of carbonyl (C=O) groups excluding carboxylic acids is 1. The summed E-state index contributed by atoms with van der Waals surface area (Å²) >= 11 is 2.47. The molecule has 0 aliphatic heterocycles. The van der Waals surface area contributed by atoms with Gasteiger partial charge in [0, 0.05) is 0 Å². The summed E-state index contributed by atoms with van der Waals surface area (Å²) < 4.78 is -1.04. The zero-order valence-electron chi connectivity index (χ0n) is 15.1. The van der Waals surface area contributed by atoms with Crippen LogP contribution in [0, 0.1) is 60.7 Å². The minimum absolute atomic E-state index is 0.132. The van der Waals surface area contributed by atoms with Crippen molar-refractivity contribution in [3.8, 4) is 0 Å². The highest BCUT2D eigenvalue weighted by atomic mass is 79.9. The Balaban J connectivity index is 3.13. The summed E-state index contributed by atoms with van der Waals surface area (Å²) in [4.78, 5) is 72.6. The third-order valence-corrected chi connectivity index (χ3v) is 4.70. The first-order valence-corrected chi connectivity index (χ1v) is 8.45. The van der Waals surface area contributed by atoms with Crippen LogP contribution < -0.4 is 0 Å². The summed E-state index contributed by atoms with van der Waals surface area (Å²) in [5.74, 6) is -2.02. The van der Waals surface area contributed by atoms with E-state index in [1.165, 1.54) is 0 Å². The van der Waals surface area contributed by atoms with E-state index in [-0.39, 0.29) is 18.2 Å². The lowest BCUT2D eigenvalue weighted by Crippen LogP contribution is -2.14. The number of hydrogen-bond donors (Lipinski definition) is 0. The minimum Gasteiger partial charge on any atom is -0.287 e. The molecule has 0 radical (unpaired) electrons. The second kappa shape index (κ2) is 8.62. The summed E-state index contributed by atoms with van der Waals surface area (Å²) in [6.45, 7) is 0. The molecule has 0 aromatic heterocycles. The van der Waals surface area contributed by atoms with Gasteiger partial charge < -0.3 is 0 Å². The molecule has 0 unspecified atom stereocenters. The molecule has 0 atom stereocenters. The van der Waals surface area contributed by atoms with E-state index in [4.69, 9.17) is 0 Å². The van der Waals surface area contributed by atoms with Crippen LogP contribution in [0.25, 0.3) is 0 Å². The molecule has 0 N–H and O–H groups in total. The highest BCUT2D eigenvalue weighted by Crippen LogP contribution is 2.45. The third kappa shape index (κ3) is 4.25. The summed E-state index contributed by atoms with van der Waals surface area (Å²) in [6.07, 6.45) is 0. The van der Waals surface area contributed by atoms with E-state index in [2.05, 4.69) is 15.9 Å². The van der Waals surface area contributed by atoms with Crippen LogP contribution in [0.3, 0.4) is 0 Å². The Hall–Kier alpha value is -5.01. The van der Waals surface area contributed by atoms with Crippen LogP contribution in [0.15, 0.2) is 22.7 Å². The van der Waals surface area contributed by atoms with Crippen molar-refractivity contribution in [2.45, 2.75) is 0 Å². The fourth-order valence-corrected chi connectivity index (χ4v) is 3.24. The van der Waals surface area contributed by atoms with Crippen molar-refractivity contribution >= 4 is 55.8 Å². The predicted molar refractivity (Wildman–Crippen MR) is 104 cm³/mol. The number of hydrogen-bond acceptors (Lipinski definition) is 13. The maximum absolute atomic E-state index is 13.1. The molecule has 19 nitrogen and oxygen atoms in total. The van der Waals surface area contributed by atoms with Gasteiger partial charge in [-0.3, -0.25) is 65.5 Å². The molecule has 0 saturated carbocycles. The molecule has 0 heterocycles. The molecule has 0 bridgehead atoms. The van der Waals surface area contributed by atoms with Crippen LogP contribution in [0.1, 0.15) is 15.9 Å². The van der Waals surface area contributed by atoms with Gasteiger partial charge in [-0.15, -0.1) is 0 Å². The van der Waals surface area contributed by atoms with Gasteiger partial charge in [0.15, 0.2) is 15.6 Å². The van der Waals surface area contributed by atoms with Crippen LogP contribution in [0.5, 0.6) is 0 Å². The van der Waals surface area contributed by atoms with Crippen molar-refractivity contribution in [3.05, 3.63) is 94.5 Å². The first kappa shape index (κ1) is 24.3. The van der Waals surface area contributed by atoms with Gasteiger partial charge >= 0.3 is 5.69 Å². The zero-order chi connectivity index (χ0) is 25.4. The van der Waals surface area contributed by atoms with Crippen molar-refractivity contribution < 1.29 is 34.3 Å². The van der Waals surface area contributed by atoms with Gasteiger partial charge in [-0.2, -0.15) is 0 Å². The number of carbonyl (C=O) groups is 1. The topological polar surface area (TPSA) is 276 Å². The molecule has 33 heavy (non-hydrogen) atoms. The average molecular weight is 531 g/mol. The number of nitro benzene ring substituents is 6. The van der Waals surface area contributed by atoms with Crippen molar-refractivity contribution in [2.24, 2.45) is 0 Å². The summed E-state index contributed by atoms with van der Waals surface area (Å²) in [7, 11) is 0. The zero-order valence-corrected chi connectivity index (χ0v) is 16.7. The summed E-state index contributed by atoms with van der Waals surface area (Å²) in [6, 6.07) is 0.407. The van der Waals surface area contributed by atoms with Gasteiger partial charge in [0.1, 0.15) is 0 Å². The van der Waals surface area contributed by atoms with Crippen LogP contribution in [0.2, 0.25) is 0 Å². The largest absolute Gasteiger partial charge is 0.308 e. The number of benzene rings is 2. The molecule has 2 rings (SSSR count). The van der Waals surface area contributed by atoms with Gasteiger partial charge in [-0.05, 0) is 15.9 Å². The molecule has 170 valence electrons. The third-order valence-electron chi connectivity index (χ3n) is 3.91. The van der Waals surface area contributed by atoms with E-state index < -0.39 is 85.0 Å². The maximum atomic E-state index is 13.1. The number of halogens is 1. The SMILES string of the molecule is O=C(c1c([N+](=O)[O-])cc([N+](=O)[O-])cc1[N+](=O)[O-])c1c([N+](=O)[O-])cc([N+](=O)[O-])c(Br)c1[N+](=O)[O-]. The lowest BCUT2D eigenvalue weighted by Gasteiger charge is -2.07. The lowest BCUT2D eigenvalue weighted by atomic mass is 9.96. The fraction of sp³-hybridized carbons (Fsp3) is 0. The highest BCUT2D eigenvalue weighted by molar-refractivity contribution is 9.10. The highest BCUT2D eigenvalue weighted by Gasteiger charge is 2.44. The molecule has 0 aliphatic carbocycles. The molecule has 0 saturated heterocycles. The van der Waals surface area contributed by atoms with Crippen molar-refractivity contribution in [1.82, 2.24) is 0 Å².